The molecule has 4 nitrogen and oxygen atoms in total. The second-order valence-electron chi connectivity index (χ2n) is 12.6. The highest BCUT2D eigenvalue weighted by molar-refractivity contribution is 6.27. The largest absolute Gasteiger partial charge is 0.456 e. The van der Waals surface area contributed by atoms with Crippen molar-refractivity contribution in [1.29, 1.82) is 0 Å². The average molecular weight is 628 g/mol. The second kappa shape index (κ2) is 11.0. The van der Waals surface area contributed by atoms with Gasteiger partial charge in [0.05, 0.1) is 0 Å². The first-order valence-electron chi connectivity index (χ1n) is 16.6. The molecule has 1 atom stereocenters. The lowest BCUT2D eigenvalue weighted by Gasteiger charge is -2.26. The molecule has 1 N–H and O–H groups in total. The Labute approximate surface area is 282 Å². The first-order chi connectivity index (χ1) is 24.3. The molecule has 1 aliphatic rings. The van der Waals surface area contributed by atoms with Crippen LogP contribution in [0.3, 0.4) is 0 Å². The number of aliphatic imine (C=N–C) groups is 2. The van der Waals surface area contributed by atoms with Crippen molar-refractivity contribution in [3.05, 3.63) is 180 Å². The molecule has 0 radical (unpaired) electrons. The van der Waals surface area contributed by atoms with Crippen LogP contribution in [0.15, 0.2) is 178 Å². The highest BCUT2D eigenvalue weighted by Gasteiger charge is 2.27. The molecule has 4 heteroatoms. The van der Waals surface area contributed by atoms with Crippen LogP contribution in [0, 0.1) is 0 Å². The van der Waals surface area contributed by atoms with Gasteiger partial charge in [0.2, 0.25) is 0 Å². The number of hydrogen-bond acceptors (Lipinski definition) is 4. The van der Waals surface area contributed by atoms with Crippen molar-refractivity contribution >= 4 is 65.9 Å². The molecule has 8 aromatic carbocycles. The summed E-state index contributed by atoms with van der Waals surface area (Å²) in [5.74, 6) is 1.45. The third kappa shape index (κ3) is 4.53. The van der Waals surface area contributed by atoms with Crippen LogP contribution < -0.4 is 5.32 Å². The summed E-state index contributed by atoms with van der Waals surface area (Å²) in [5.41, 5.74) is 6.88. The molecule has 230 valence electrons. The summed E-state index contributed by atoms with van der Waals surface area (Å²) < 4.78 is 6.43. The summed E-state index contributed by atoms with van der Waals surface area (Å²) in [5, 5.41) is 12.9. The zero-order valence-corrected chi connectivity index (χ0v) is 26.5. The van der Waals surface area contributed by atoms with E-state index in [0.717, 1.165) is 61.0 Å². The number of benzene rings is 8. The molecule has 0 fully saturated rings. The molecule has 0 aliphatic carbocycles. The molecule has 9 aromatic rings. The standard InChI is InChI=1S/C45H29N3O/c1-2-13-29(14-3-1)34-24-25-40-41(37-20-10-11-21-39(37)49-40)42(34)45-47-43(32-23-22-28-12-4-5-15-30(28)26-32)46-44(48-45)38-27-31-16-6-7-17-33(31)35-18-8-9-19-36(35)38/h1-27,43H,(H,46,47,48). The normalized spacial score (nSPS) is 14.7. The Morgan fingerprint density at radius 2 is 1.18 bits per heavy atom. The van der Waals surface area contributed by atoms with Crippen LogP contribution in [-0.4, -0.2) is 11.7 Å². The van der Waals surface area contributed by atoms with Crippen molar-refractivity contribution in [3.63, 3.8) is 0 Å². The number of fused-ring (bicyclic) bond motifs is 7. The topological polar surface area (TPSA) is 49.9 Å². The van der Waals surface area contributed by atoms with Gasteiger partial charge < -0.3 is 9.73 Å². The van der Waals surface area contributed by atoms with Crippen LogP contribution in [-0.2, 0) is 0 Å². The maximum Gasteiger partial charge on any atom is 0.160 e. The Bertz CT molecular complexity index is 2810. The minimum atomic E-state index is -0.380. The SMILES string of the molecule is c1ccc(-c2ccc3oc4ccccc4c3c2C2=NC(c3ccc4ccccc4c3)NC(c3cc4ccccc4c4ccccc34)=N2)cc1. The molecule has 0 bridgehead atoms. The van der Waals surface area contributed by atoms with Crippen molar-refractivity contribution in [2.24, 2.45) is 9.98 Å². The molecule has 0 amide bonds. The highest BCUT2D eigenvalue weighted by Crippen LogP contribution is 2.39. The lowest BCUT2D eigenvalue weighted by molar-refractivity contribution is 0.668. The number of rotatable bonds is 4. The van der Waals surface area contributed by atoms with Gasteiger partial charge in [-0.25, -0.2) is 9.98 Å². The van der Waals surface area contributed by atoms with Crippen molar-refractivity contribution in [2.75, 3.05) is 0 Å². The van der Waals surface area contributed by atoms with Gasteiger partial charge in [-0.3, -0.25) is 0 Å². The summed E-state index contributed by atoms with van der Waals surface area (Å²) in [6.07, 6.45) is -0.380. The number of furan rings is 1. The molecule has 1 aliphatic heterocycles. The quantitative estimate of drug-likeness (QED) is 0.197. The van der Waals surface area contributed by atoms with Gasteiger partial charge in [-0.05, 0) is 79.3 Å². The van der Waals surface area contributed by atoms with E-state index in [1.807, 2.05) is 18.2 Å². The van der Waals surface area contributed by atoms with E-state index in [1.54, 1.807) is 0 Å². The van der Waals surface area contributed by atoms with Crippen molar-refractivity contribution in [2.45, 2.75) is 6.17 Å². The minimum Gasteiger partial charge on any atom is -0.456 e. The van der Waals surface area contributed by atoms with E-state index in [1.165, 1.54) is 26.9 Å². The van der Waals surface area contributed by atoms with Gasteiger partial charge in [0.1, 0.15) is 23.2 Å². The third-order valence-electron chi connectivity index (χ3n) is 9.71. The monoisotopic (exact) mass is 627 g/mol. The summed E-state index contributed by atoms with van der Waals surface area (Å²) in [6, 6.07) is 57.4. The predicted molar refractivity (Wildman–Crippen MR) is 204 cm³/mol. The summed E-state index contributed by atoms with van der Waals surface area (Å²) in [6.45, 7) is 0. The highest BCUT2D eigenvalue weighted by atomic mass is 16.3. The van der Waals surface area contributed by atoms with Gasteiger partial charge in [0, 0.05) is 21.9 Å². The van der Waals surface area contributed by atoms with Crippen LogP contribution >= 0.6 is 0 Å². The summed E-state index contributed by atoms with van der Waals surface area (Å²) in [7, 11) is 0. The number of para-hydroxylation sites is 1. The molecule has 1 aromatic heterocycles. The molecule has 2 heterocycles. The first-order valence-corrected chi connectivity index (χ1v) is 16.6. The molecule has 1 unspecified atom stereocenters. The van der Waals surface area contributed by atoms with Gasteiger partial charge in [-0.15, -0.1) is 0 Å². The van der Waals surface area contributed by atoms with Gasteiger partial charge in [0.15, 0.2) is 5.84 Å². The lowest BCUT2D eigenvalue weighted by Crippen LogP contribution is -2.34. The summed E-state index contributed by atoms with van der Waals surface area (Å²) in [4.78, 5) is 10.9. The third-order valence-corrected chi connectivity index (χ3v) is 9.71. The zero-order valence-electron chi connectivity index (χ0n) is 26.5. The van der Waals surface area contributed by atoms with Crippen molar-refractivity contribution < 1.29 is 4.42 Å². The van der Waals surface area contributed by atoms with E-state index >= 15 is 0 Å². The van der Waals surface area contributed by atoms with Crippen LogP contribution in [0.4, 0.5) is 0 Å². The Morgan fingerprint density at radius 1 is 0.490 bits per heavy atom. The van der Waals surface area contributed by atoms with Crippen LogP contribution in [0.5, 0.6) is 0 Å². The fourth-order valence-corrected chi connectivity index (χ4v) is 7.40. The fraction of sp³-hybridized carbons (Fsp3) is 0.0222. The van der Waals surface area contributed by atoms with Gasteiger partial charge in [0.25, 0.3) is 0 Å². The van der Waals surface area contributed by atoms with Crippen LogP contribution in [0.25, 0.3) is 65.4 Å². The molecule has 10 rings (SSSR count). The Hall–Kier alpha value is -6.52. The Balaban J connectivity index is 1.29. The van der Waals surface area contributed by atoms with Gasteiger partial charge >= 0.3 is 0 Å². The second-order valence-corrected chi connectivity index (χ2v) is 12.6. The number of hydrogen-bond donors (Lipinski definition) is 1. The molecular weight excluding hydrogens is 599 g/mol. The molecule has 0 saturated carbocycles. The summed E-state index contributed by atoms with van der Waals surface area (Å²) >= 11 is 0. The average Bonchev–Trinajstić information content (AvgIpc) is 3.56. The Morgan fingerprint density at radius 3 is 2.04 bits per heavy atom. The first kappa shape index (κ1) is 27.6. The zero-order chi connectivity index (χ0) is 32.3. The van der Waals surface area contributed by atoms with Gasteiger partial charge in [-0.1, -0.05) is 133 Å². The lowest BCUT2D eigenvalue weighted by atomic mass is 9.93. The van der Waals surface area contributed by atoms with Crippen molar-refractivity contribution in [1.82, 2.24) is 5.32 Å². The number of amidine groups is 2. The van der Waals surface area contributed by atoms with E-state index < -0.39 is 0 Å². The predicted octanol–water partition coefficient (Wildman–Crippen LogP) is 11.2. The molecule has 0 spiro atoms. The van der Waals surface area contributed by atoms with Gasteiger partial charge in [-0.2, -0.15) is 0 Å². The van der Waals surface area contributed by atoms with Crippen LogP contribution in [0.2, 0.25) is 0 Å². The van der Waals surface area contributed by atoms with Crippen molar-refractivity contribution in [3.8, 4) is 11.1 Å². The molecular formula is C45H29N3O. The van der Waals surface area contributed by atoms with E-state index in [2.05, 4.69) is 151 Å². The maximum absolute atomic E-state index is 6.43. The Kier molecular flexibility index (Phi) is 6.21. The van der Waals surface area contributed by atoms with E-state index in [9.17, 15) is 0 Å². The number of nitrogens with zero attached hydrogens (tertiary/aromatic N) is 2. The minimum absolute atomic E-state index is 0.380. The smallest absolute Gasteiger partial charge is 0.160 e. The molecule has 0 saturated heterocycles. The maximum atomic E-state index is 6.43. The van der Waals surface area contributed by atoms with E-state index in [0.29, 0.717) is 5.84 Å². The van der Waals surface area contributed by atoms with E-state index in [-0.39, 0.29) is 6.17 Å². The fourth-order valence-electron chi connectivity index (χ4n) is 7.40. The van der Waals surface area contributed by atoms with Crippen LogP contribution in [0.1, 0.15) is 22.9 Å². The number of nitrogens with one attached hydrogen (secondary N) is 1. The molecule has 49 heavy (non-hydrogen) atoms. The van der Waals surface area contributed by atoms with E-state index in [4.69, 9.17) is 14.4 Å².